The number of halogens is 1. The van der Waals surface area contributed by atoms with E-state index in [2.05, 4.69) is 10.6 Å². The molecule has 0 saturated heterocycles. The van der Waals surface area contributed by atoms with Gasteiger partial charge in [0, 0.05) is 23.7 Å². The Morgan fingerprint density at radius 2 is 1.95 bits per heavy atom. The second kappa shape index (κ2) is 5.88. The van der Waals surface area contributed by atoms with Gasteiger partial charge in [0.1, 0.15) is 0 Å². The second-order valence-corrected chi connectivity index (χ2v) is 5.71. The molecular formula is C17H17ClN2O. The van der Waals surface area contributed by atoms with Gasteiger partial charge in [-0.05, 0) is 41.8 Å². The van der Waals surface area contributed by atoms with Gasteiger partial charge in [-0.1, -0.05) is 35.9 Å². The summed E-state index contributed by atoms with van der Waals surface area (Å²) in [6.45, 7) is 3.65. The maximum atomic E-state index is 12.4. The van der Waals surface area contributed by atoms with Gasteiger partial charge in [0.05, 0.1) is 6.04 Å². The van der Waals surface area contributed by atoms with Crippen LogP contribution in [0, 0.1) is 0 Å². The van der Waals surface area contributed by atoms with E-state index < -0.39 is 0 Å². The Balaban J connectivity index is 1.76. The first-order valence-corrected chi connectivity index (χ1v) is 7.41. The number of carbonyl (C=O) groups excluding carboxylic acids is 1. The lowest BCUT2D eigenvalue weighted by molar-refractivity contribution is 0.0940. The predicted octanol–water partition coefficient (Wildman–Crippen LogP) is 3.43. The fourth-order valence-electron chi connectivity index (χ4n) is 2.62. The highest BCUT2D eigenvalue weighted by molar-refractivity contribution is 6.31. The molecule has 0 spiro atoms. The van der Waals surface area contributed by atoms with Crippen molar-refractivity contribution in [2.45, 2.75) is 26.1 Å². The molecule has 1 amide bonds. The lowest BCUT2D eigenvalue weighted by Gasteiger charge is -2.16. The van der Waals surface area contributed by atoms with E-state index in [1.54, 1.807) is 0 Å². The Morgan fingerprint density at radius 1 is 1.19 bits per heavy atom. The summed E-state index contributed by atoms with van der Waals surface area (Å²) in [6, 6.07) is 13.3. The van der Waals surface area contributed by atoms with Crippen molar-refractivity contribution in [2.24, 2.45) is 0 Å². The minimum atomic E-state index is -0.127. The van der Waals surface area contributed by atoms with E-state index in [9.17, 15) is 4.79 Å². The quantitative estimate of drug-likeness (QED) is 0.912. The Labute approximate surface area is 129 Å². The van der Waals surface area contributed by atoms with Crippen LogP contribution in [0.15, 0.2) is 42.5 Å². The van der Waals surface area contributed by atoms with Crippen LogP contribution in [0.4, 0.5) is 0 Å². The van der Waals surface area contributed by atoms with Crippen molar-refractivity contribution in [3.8, 4) is 0 Å². The Bertz CT molecular complexity index is 684. The van der Waals surface area contributed by atoms with Gasteiger partial charge in [-0.15, -0.1) is 0 Å². The van der Waals surface area contributed by atoms with E-state index in [0.29, 0.717) is 10.6 Å². The van der Waals surface area contributed by atoms with E-state index in [0.717, 1.165) is 18.7 Å². The zero-order valence-electron chi connectivity index (χ0n) is 11.8. The van der Waals surface area contributed by atoms with Crippen LogP contribution in [0.1, 0.15) is 40.0 Å². The molecule has 2 aromatic rings. The van der Waals surface area contributed by atoms with Crippen molar-refractivity contribution in [2.75, 3.05) is 0 Å². The van der Waals surface area contributed by atoms with Crippen molar-refractivity contribution >= 4 is 17.5 Å². The van der Waals surface area contributed by atoms with Crippen molar-refractivity contribution in [1.82, 2.24) is 10.6 Å². The Kier molecular flexibility index (Phi) is 3.95. The van der Waals surface area contributed by atoms with Gasteiger partial charge in [-0.2, -0.15) is 0 Å². The van der Waals surface area contributed by atoms with Crippen molar-refractivity contribution in [1.29, 1.82) is 0 Å². The number of fused-ring (bicyclic) bond motifs is 1. The average molecular weight is 301 g/mol. The molecule has 1 aliphatic heterocycles. The summed E-state index contributed by atoms with van der Waals surface area (Å²) in [5.74, 6) is -0.0721. The lowest BCUT2D eigenvalue weighted by Crippen LogP contribution is -2.26. The largest absolute Gasteiger partial charge is 0.345 e. The van der Waals surface area contributed by atoms with E-state index in [1.807, 2.05) is 49.4 Å². The van der Waals surface area contributed by atoms with Crippen LogP contribution < -0.4 is 10.6 Å². The molecule has 0 unspecified atom stereocenters. The van der Waals surface area contributed by atoms with Gasteiger partial charge in [-0.3, -0.25) is 4.79 Å². The highest BCUT2D eigenvalue weighted by Gasteiger charge is 2.16. The molecule has 0 saturated carbocycles. The first-order valence-electron chi connectivity index (χ1n) is 7.03. The fourth-order valence-corrected chi connectivity index (χ4v) is 2.92. The van der Waals surface area contributed by atoms with Gasteiger partial charge in [0.15, 0.2) is 0 Å². The van der Waals surface area contributed by atoms with E-state index in [4.69, 9.17) is 11.6 Å². The monoisotopic (exact) mass is 300 g/mol. The molecule has 1 aliphatic rings. The number of hydrogen-bond donors (Lipinski definition) is 2. The Morgan fingerprint density at radius 3 is 2.76 bits per heavy atom. The van der Waals surface area contributed by atoms with Crippen molar-refractivity contribution in [3.05, 3.63) is 69.7 Å². The highest BCUT2D eigenvalue weighted by Crippen LogP contribution is 2.23. The third-order valence-corrected chi connectivity index (χ3v) is 4.16. The van der Waals surface area contributed by atoms with Gasteiger partial charge < -0.3 is 10.6 Å². The van der Waals surface area contributed by atoms with E-state index >= 15 is 0 Å². The predicted molar refractivity (Wildman–Crippen MR) is 84.3 cm³/mol. The molecule has 0 aliphatic carbocycles. The smallest absolute Gasteiger partial charge is 0.251 e. The van der Waals surface area contributed by atoms with Crippen molar-refractivity contribution < 1.29 is 4.79 Å². The fraction of sp³-hybridized carbons (Fsp3) is 0.235. The third-order valence-electron chi connectivity index (χ3n) is 3.82. The SMILES string of the molecule is C[C@@H](NC(=O)c1ccc2c(c1)CNC2)c1ccccc1Cl. The summed E-state index contributed by atoms with van der Waals surface area (Å²) < 4.78 is 0. The van der Waals surface area contributed by atoms with Crippen molar-refractivity contribution in [3.63, 3.8) is 0 Å². The molecule has 4 heteroatoms. The molecule has 2 N–H and O–H groups in total. The number of benzene rings is 2. The lowest BCUT2D eigenvalue weighted by atomic mass is 10.0. The molecule has 108 valence electrons. The molecule has 1 atom stereocenters. The summed E-state index contributed by atoms with van der Waals surface area (Å²) in [5, 5.41) is 6.95. The van der Waals surface area contributed by atoms with Crippen LogP contribution in [0.25, 0.3) is 0 Å². The standard InChI is InChI=1S/C17H17ClN2O/c1-11(15-4-2-3-5-16(15)18)20-17(21)12-6-7-13-9-19-10-14(13)8-12/h2-8,11,19H,9-10H2,1H3,(H,20,21)/t11-/m1/s1. The second-order valence-electron chi connectivity index (χ2n) is 5.30. The van der Waals surface area contributed by atoms with E-state index in [1.165, 1.54) is 11.1 Å². The first kappa shape index (κ1) is 14.1. The molecule has 0 aromatic heterocycles. The average Bonchev–Trinajstić information content (AvgIpc) is 2.94. The van der Waals surface area contributed by atoms with Gasteiger partial charge in [0.25, 0.3) is 5.91 Å². The summed E-state index contributed by atoms with van der Waals surface area (Å²) in [5.41, 5.74) is 4.09. The van der Waals surface area contributed by atoms with E-state index in [-0.39, 0.29) is 11.9 Å². The molecule has 0 bridgehead atoms. The minimum Gasteiger partial charge on any atom is -0.345 e. The molecule has 3 rings (SSSR count). The maximum Gasteiger partial charge on any atom is 0.251 e. The molecule has 1 heterocycles. The highest BCUT2D eigenvalue weighted by atomic mass is 35.5. The van der Waals surface area contributed by atoms with Crippen LogP contribution in [-0.2, 0) is 13.1 Å². The topological polar surface area (TPSA) is 41.1 Å². The van der Waals surface area contributed by atoms with Crippen LogP contribution in [0.5, 0.6) is 0 Å². The molecule has 0 fully saturated rings. The summed E-state index contributed by atoms with van der Waals surface area (Å²) >= 11 is 6.17. The molecule has 0 radical (unpaired) electrons. The number of amides is 1. The maximum absolute atomic E-state index is 12.4. The van der Waals surface area contributed by atoms with Gasteiger partial charge in [-0.25, -0.2) is 0 Å². The number of hydrogen-bond acceptors (Lipinski definition) is 2. The zero-order valence-corrected chi connectivity index (χ0v) is 12.6. The van der Waals surface area contributed by atoms with Gasteiger partial charge >= 0.3 is 0 Å². The van der Waals surface area contributed by atoms with Crippen LogP contribution >= 0.6 is 11.6 Å². The molecular weight excluding hydrogens is 284 g/mol. The normalized spacial score (nSPS) is 14.6. The summed E-state index contributed by atoms with van der Waals surface area (Å²) in [7, 11) is 0. The molecule has 21 heavy (non-hydrogen) atoms. The molecule has 2 aromatic carbocycles. The van der Waals surface area contributed by atoms with Crippen LogP contribution in [0.2, 0.25) is 5.02 Å². The Hall–Kier alpha value is -1.84. The van der Waals surface area contributed by atoms with Gasteiger partial charge in [0.2, 0.25) is 0 Å². The minimum absolute atomic E-state index is 0.0721. The summed E-state index contributed by atoms with van der Waals surface area (Å²) in [4.78, 5) is 12.4. The number of carbonyl (C=O) groups is 1. The van der Waals surface area contributed by atoms with Crippen LogP contribution in [-0.4, -0.2) is 5.91 Å². The summed E-state index contributed by atoms with van der Waals surface area (Å²) in [6.07, 6.45) is 0. The molecule has 3 nitrogen and oxygen atoms in total. The van der Waals surface area contributed by atoms with Crippen LogP contribution in [0.3, 0.4) is 0 Å². The third kappa shape index (κ3) is 2.94. The zero-order chi connectivity index (χ0) is 14.8. The number of nitrogens with one attached hydrogen (secondary N) is 2. The number of rotatable bonds is 3. The first-order chi connectivity index (χ1) is 10.1.